The van der Waals surface area contributed by atoms with Crippen molar-refractivity contribution in [3.63, 3.8) is 0 Å². The van der Waals surface area contributed by atoms with E-state index in [4.69, 9.17) is 0 Å². The summed E-state index contributed by atoms with van der Waals surface area (Å²) in [6.07, 6.45) is 2.18. The molecule has 1 fully saturated rings. The Kier molecular flexibility index (Phi) is 2.10. The van der Waals surface area contributed by atoms with Gasteiger partial charge in [0.1, 0.15) is 0 Å². The molecule has 6 nitrogen and oxygen atoms in total. The molecule has 0 aromatic carbocycles. The van der Waals surface area contributed by atoms with E-state index in [1.54, 1.807) is 0 Å². The minimum Gasteiger partial charge on any atom is -0.477 e. The van der Waals surface area contributed by atoms with Crippen LogP contribution in [0.15, 0.2) is 0 Å². The van der Waals surface area contributed by atoms with Gasteiger partial charge in [0, 0.05) is 12.0 Å². The average Bonchev–Trinajstić information content (AvgIpc) is 2.98. The number of nitrogens with zero attached hydrogens (tertiary/aromatic N) is 2. The van der Waals surface area contributed by atoms with Crippen molar-refractivity contribution in [2.24, 2.45) is 0 Å². The lowest BCUT2D eigenvalue weighted by Crippen LogP contribution is -2.20. The van der Waals surface area contributed by atoms with Crippen LogP contribution in [0.4, 0.5) is 0 Å². The first-order valence-electron chi connectivity index (χ1n) is 5.52. The van der Waals surface area contributed by atoms with Crippen LogP contribution in [0.3, 0.4) is 0 Å². The van der Waals surface area contributed by atoms with Gasteiger partial charge in [0.25, 0.3) is 0 Å². The van der Waals surface area contributed by atoms with Crippen LogP contribution in [0.2, 0.25) is 0 Å². The molecular formula is C10H12N2O4S. The lowest BCUT2D eigenvalue weighted by atomic mass is 10.1. The van der Waals surface area contributed by atoms with Crippen LogP contribution in [-0.4, -0.2) is 35.0 Å². The number of hydrogen-bond acceptors (Lipinski definition) is 4. The zero-order valence-corrected chi connectivity index (χ0v) is 9.90. The average molecular weight is 256 g/mol. The van der Waals surface area contributed by atoms with Crippen LogP contribution in [-0.2, 0) is 22.0 Å². The molecule has 1 N–H and O–H groups in total. The summed E-state index contributed by atoms with van der Waals surface area (Å²) in [4.78, 5) is 11.2. The minimum absolute atomic E-state index is 0.0702. The van der Waals surface area contributed by atoms with E-state index in [2.05, 4.69) is 5.10 Å². The molecule has 0 saturated heterocycles. The minimum atomic E-state index is -3.16. The van der Waals surface area contributed by atoms with Crippen molar-refractivity contribution in [2.75, 3.05) is 5.75 Å². The molecule has 1 aliphatic heterocycles. The van der Waals surface area contributed by atoms with Crippen molar-refractivity contribution in [3.8, 4) is 0 Å². The van der Waals surface area contributed by atoms with Crippen molar-refractivity contribution >= 4 is 15.8 Å². The van der Waals surface area contributed by atoms with Gasteiger partial charge in [-0.1, -0.05) is 0 Å². The lowest BCUT2D eigenvalue weighted by Gasteiger charge is -2.10. The highest BCUT2D eigenvalue weighted by molar-refractivity contribution is 7.90. The van der Waals surface area contributed by atoms with Crippen LogP contribution < -0.4 is 0 Å². The van der Waals surface area contributed by atoms with Crippen LogP contribution in [0.25, 0.3) is 0 Å². The summed E-state index contributed by atoms with van der Waals surface area (Å²) >= 11 is 0. The van der Waals surface area contributed by atoms with Crippen LogP contribution in [0.5, 0.6) is 0 Å². The summed E-state index contributed by atoms with van der Waals surface area (Å²) < 4.78 is 24.6. The monoisotopic (exact) mass is 256 g/mol. The van der Waals surface area contributed by atoms with Crippen molar-refractivity contribution in [1.29, 1.82) is 0 Å². The SMILES string of the molecule is O=C(O)c1c2c(nn1C1CC1)CCS(=O)(=O)C2. The van der Waals surface area contributed by atoms with Gasteiger partial charge in [-0.25, -0.2) is 13.2 Å². The Hall–Kier alpha value is -1.37. The third kappa shape index (κ3) is 1.74. The van der Waals surface area contributed by atoms with E-state index >= 15 is 0 Å². The summed E-state index contributed by atoms with van der Waals surface area (Å²) in [5.74, 6) is -1.19. The van der Waals surface area contributed by atoms with Crippen molar-refractivity contribution in [2.45, 2.75) is 31.1 Å². The van der Waals surface area contributed by atoms with Gasteiger partial charge in [-0.15, -0.1) is 0 Å². The molecule has 92 valence electrons. The van der Waals surface area contributed by atoms with Crippen LogP contribution in [0, 0.1) is 0 Å². The highest BCUT2D eigenvalue weighted by Crippen LogP contribution is 2.37. The number of aromatic carboxylic acids is 1. The molecule has 2 heterocycles. The van der Waals surface area contributed by atoms with E-state index in [-0.39, 0.29) is 23.2 Å². The summed E-state index contributed by atoms with van der Waals surface area (Å²) in [6, 6.07) is 0.148. The number of carbonyl (C=O) groups is 1. The fraction of sp³-hybridized carbons (Fsp3) is 0.600. The molecule has 0 atom stereocenters. The van der Waals surface area contributed by atoms with E-state index in [9.17, 15) is 18.3 Å². The quantitative estimate of drug-likeness (QED) is 0.826. The molecule has 1 aromatic heterocycles. The summed E-state index contributed by atoms with van der Waals surface area (Å²) in [5.41, 5.74) is 1.12. The van der Waals surface area contributed by atoms with Gasteiger partial charge < -0.3 is 5.11 Å². The number of aryl methyl sites for hydroxylation is 1. The van der Waals surface area contributed by atoms with Gasteiger partial charge in [0.15, 0.2) is 15.5 Å². The number of rotatable bonds is 2. The number of fused-ring (bicyclic) bond motifs is 1. The van der Waals surface area contributed by atoms with Gasteiger partial charge in [-0.05, 0) is 12.8 Å². The summed E-state index contributed by atoms with van der Waals surface area (Å²) in [6.45, 7) is 0. The number of hydrogen-bond donors (Lipinski definition) is 1. The highest BCUT2D eigenvalue weighted by Gasteiger charge is 2.36. The standard InChI is InChI=1S/C10H12N2O4S/c13-10(14)9-7-5-17(15,16)4-3-8(7)11-12(9)6-1-2-6/h6H,1-5H2,(H,13,14). The predicted molar refractivity (Wildman–Crippen MR) is 58.7 cm³/mol. The highest BCUT2D eigenvalue weighted by atomic mass is 32.2. The zero-order valence-electron chi connectivity index (χ0n) is 9.09. The van der Waals surface area contributed by atoms with Crippen LogP contribution in [0.1, 0.15) is 40.6 Å². The van der Waals surface area contributed by atoms with Crippen molar-refractivity contribution in [3.05, 3.63) is 17.0 Å². The third-order valence-electron chi connectivity index (χ3n) is 3.20. The number of carboxylic acid groups (broad SMARTS) is 1. The van der Waals surface area contributed by atoms with Gasteiger partial charge in [0.2, 0.25) is 0 Å². The van der Waals surface area contributed by atoms with Gasteiger partial charge >= 0.3 is 5.97 Å². The molecule has 1 saturated carbocycles. The molecule has 0 bridgehead atoms. The molecule has 0 amide bonds. The summed E-state index contributed by atoms with van der Waals surface area (Å²) in [5, 5.41) is 13.5. The second kappa shape index (κ2) is 3.32. The Balaban J connectivity index is 2.16. The maximum absolute atomic E-state index is 11.6. The Labute approximate surface area is 98.2 Å². The van der Waals surface area contributed by atoms with Crippen LogP contribution >= 0.6 is 0 Å². The zero-order chi connectivity index (χ0) is 12.2. The van der Waals surface area contributed by atoms with Gasteiger partial charge in [-0.2, -0.15) is 5.10 Å². The molecule has 3 rings (SSSR count). The molecule has 0 radical (unpaired) electrons. The molecular weight excluding hydrogens is 244 g/mol. The molecule has 7 heteroatoms. The molecule has 1 aliphatic carbocycles. The molecule has 2 aliphatic rings. The maximum Gasteiger partial charge on any atom is 0.354 e. The molecule has 1 aromatic rings. The second-order valence-electron chi connectivity index (χ2n) is 4.60. The topological polar surface area (TPSA) is 89.3 Å². The van der Waals surface area contributed by atoms with Gasteiger partial charge in [-0.3, -0.25) is 4.68 Å². The number of sulfone groups is 1. The van der Waals surface area contributed by atoms with Gasteiger partial charge in [0.05, 0.1) is 23.2 Å². The third-order valence-corrected chi connectivity index (χ3v) is 4.76. The van der Waals surface area contributed by atoms with E-state index in [0.29, 0.717) is 17.7 Å². The lowest BCUT2D eigenvalue weighted by molar-refractivity contribution is 0.0682. The van der Waals surface area contributed by atoms with E-state index in [1.807, 2.05) is 0 Å². The number of aromatic nitrogens is 2. The van der Waals surface area contributed by atoms with E-state index in [1.165, 1.54) is 4.68 Å². The fourth-order valence-electron chi connectivity index (χ4n) is 2.22. The molecule has 17 heavy (non-hydrogen) atoms. The Morgan fingerprint density at radius 1 is 1.41 bits per heavy atom. The van der Waals surface area contributed by atoms with Crippen molar-refractivity contribution in [1.82, 2.24) is 9.78 Å². The molecule has 0 spiro atoms. The number of carboxylic acids is 1. The summed E-state index contributed by atoms with van der Waals surface area (Å²) in [7, 11) is -3.16. The van der Waals surface area contributed by atoms with E-state index in [0.717, 1.165) is 12.8 Å². The first kappa shape index (κ1) is 10.8. The maximum atomic E-state index is 11.6. The first-order valence-corrected chi connectivity index (χ1v) is 7.34. The largest absolute Gasteiger partial charge is 0.477 e. The van der Waals surface area contributed by atoms with Crippen molar-refractivity contribution < 1.29 is 18.3 Å². The Bertz CT molecular complexity index is 598. The first-order chi connectivity index (χ1) is 7.98. The smallest absolute Gasteiger partial charge is 0.354 e. The predicted octanol–water partition coefficient (Wildman–Crippen LogP) is 0.387. The Morgan fingerprint density at radius 3 is 2.71 bits per heavy atom. The Morgan fingerprint density at radius 2 is 2.12 bits per heavy atom. The fourth-order valence-corrected chi connectivity index (χ4v) is 3.61. The normalized spacial score (nSPS) is 22.1. The van der Waals surface area contributed by atoms with E-state index < -0.39 is 15.8 Å². The molecule has 0 unspecified atom stereocenters. The second-order valence-corrected chi connectivity index (χ2v) is 6.78.